The van der Waals surface area contributed by atoms with Crippen molar-refractivity contribution in [3.05, 3.63) is 52.7 Å². The number of nitrogens with one attached hydrogen (secondary N) is 1. The van der Waals surface area contributed by atoms with Crippen molar-refractivity contribution in [2.45, 2.75) is 24.0 Å². The first-order valence-corrected chi connectivity index (χ1v) is 8.53. The van der Waals surface area contributed by atoms with Crippen LogP contribution in [0.25, 0.3) is 0 Å². The van der Waals surface area contributed by atoms with Gasteiger partial charge in [0.05, 0.1) is 21.5 Å². The molecule has 0 aliphatic heterocycles. The standard InChI is InChI=1S/C14H13ClF3N3O2S/c1-8(9-3-2-4-11(5-9)24(19,22)23)21-13-12(15)6-10(7-20-13)14(16,17)18/h2-8H,1H3,(H,20,21)(H2,19,22,23). The van der Waals surface area contributed by atoms with Gasteiger partial charge in [-0.05, 0) is 30.7 Å². The average Bonchev–Trinajstić information content (AvgIpc) is 2.47. The number of nitrogens with zero attached hydrogens (tertiary/aromatic N) is 1. The molecule has 0 spiro atoms. The second-order valence-corrected chi connectivity index (χ2v) is 7.00. The van der Waals surface area contributed by atoms with Gasteiger partial charge in [0.15, 0.2) is 0 Å². The summed E-state index contributed by atoms with van der Waals surface area (Å²) in [4.78, 5) is 3.61. The lowest BCUT2D eigenvalue weighted by Gasteiger charge is -2.17. The maximum Gasteiger partial charge on any atom is 0.417 e. The van der Waals surface area contributed by atoms with E-state index in [0.29, 0.717) is 11.8 Å². The molecule has 2 aromatic rings. The molecule has 1 aromatic carbocycles. The SMILES string of the molecule is CC(Nc1ncc(C(F)(F)F)cc1Cl)c1cccc(S(N)(=O)=O)c1. The molecule has 24 heavy (non-hydrogen) atoms. The monoisotopic (exact) mass is 379 g/mol. The van der Waals surface area contributed by atoms with Gasteiger partial charge in [0.1, 0.15) is 5.82 Å². The van der Waals surface area contributed by atoms with Crippen LogP contribution in [0.1, 0.15) is 24.1 Å². The second kappa shape index (κ2) is 6.58. The number of nitrogens with two attached hydrogens (primary N) is 1. The number of benzene rings is 1. The summed E-state index contributed by atoms with van der Waals surface area (Å²) in [5, 5.41) is 7.71. The van der Waals surface area contributed by atoms with Crippen molar-refractivity contribution in [3.8, 4) is 0 Å². The Morgan fingerprint density at radius 1 is 1.29 bits per heavy atom. The number of alkyl halides is 3. The van der Waals surface area contributed by atoms with E-state index in [9.17, 15) is 21.6 Å². The lowest BCUT2D eigenvalue weighted by Crippen LogP contribution is -2.14. The van der Waals surface area contributed by atoms with Crippen molar-refractivity contribution in [1.82, 2.24) is 4.98 Å². The second-order valence-electron chi connectivity index (χ2n) is 5.04. The number of pyridine rings is 1. The van der Waals surface area contributed by atoms with E-state index in [1.165, 1.54) is 18.2 Å². The van der Waals surface area contributed by atoms with Crippen LogP contribution in [0.3, 0.4) is 0 Å². The van der Waals surface area contributed by atoms with Crippen molar-refractivity contribution in [2.75, 3.05) is 5.32 Å². The summed E-state index contributed by atoms with van der Waals surface area (Å²) >= 11 is 5.83. The van der Waals surface area contributed by atoms with Gasteiger partial charge in [-0.3, -0.25) is 0 Å². The van der Waals surface area contributed by atoms with Crippen LogP contribution in [0.5, 0.6) is 0 Å². The number of anilines is 1. The van der Waals surface area contributed by atoms with E-state index >= 15 is 0 Å². The van der Waals surface area contributed by atoms with Crippen molar-refractivity contribution >= 4 is 27.4 Å². The summed E-state index contributed by atoms with van der Waals surface area (Å²) < 4.78 is 60.5. The highest BCUT2D eigenvalue weighted by molar-refractivity contribution is 7.89. The quantitative estimate of drug-likeness (QED) is 0.850. The highest BCUT2D eigenvalue weighted by atomic mass is 35.5. The summed E-state index contributed by atoms with van der Waals surface area (Å²) in [6, 6.07) is 6.16. The van der Waals surface area contributed by atoms with E-state index in [0.717, 1.165) is 6.07 Å². The number of rotatable bonds is 4. The van der Waals surface area contributed by atoms with E-state index in [-0.39, 0.29) is 15.7 Å². The van der Waals surface area contributed by atoms with Crippen molar-refractivity contribution < 1.29 is 21.6 Å². The Kier molecular flexibility index (Phi) is 5.07. The van der Waals surface area contributed by atoms with Crippen LogP contribution >= 0.6 is 11.6 Å². The van der Waals surface area contributed by atoms with Crippen molar-refractivity contribution in [3.63, 3.8) is 0 Å². The maximum absolute atomic E-state index is 12.6. The minimum absolute atomic E-state index is 0.0539. The number of sulfonamides is 1. The molecule has 0 fully saturated rings. The van der Waals surface area contributed by atoms with E-state index in [1.807, 2.05) is 0 Å². The first-order valence-electron chi connectivity index (χ1n) is 6.60. The Hall–Kier alpha value is -1.84. The van der Waals surface area contributed by atoms with E-state index < -0.39 is 27.8 Å². The molecule has 10 heteroatoms. The highest BCUT2D eigenvalue weighted by Gasteiger charge is 2.31. The van der Waals surface area contributed by atoms with E-state index in [4.69, 9.17) is 16.7 Å². The molecule has 1 aromatic heterocycles. The Labute approximate surface area is 141 Å². The molecule has 1 unspecified atom stereocenters. The lowest BCUT2D eigenvalue weighted by atomic mass is 10.1. The Bertz CT molecular complexity index is 857. The predicted octanol–water partition coefficient (Wildman–Crippen LogP) is 3.57. The molecule has 1 heterocycles. The molecule has 5 nitrogen and oxygen atoms in total. The van der Waals surface area contributed by atoms with Gasteiger partial charge in [-0.25, -0.2) is 18.5 Å². The topological polar surface area (TPSA) is 85.1 Å². The van der Waals surface area contributed by atoms with Gasteiger partial charge in [0.2, 0.25) is 10.0 Å². The van der Waals surface area contributed by atoms with Gasteiger partial charge in [0, 0.05) is 6.20 Å². The zero-order chi connectivity index (χ0) is 18.1. The minimum Gasteiger partial charge on any atom is -0.362 e. The number of hydrogen-bond acceptors (Lipinski definition) is 4. The fourth-order valence-corrected chi connectivity index (χ4v) is 2.74. The van der Waals surface area contributed by atoms with Crippen LogP contribution in [0.2, 0.25) is 5.02 Å². The molecule has 0 bridgehead atoms. The Morgan fingerprint density at radius 3 is 2.50 bits per heavy atom. The zero-order valence-corrected chi connectivity index (χ0v) is 13.9. The van der Waals surface area contributed by atoms with Crippen LogP contribution in [0, 0.1) is 0 Å². The van der Waals surface area contributed by atoms with Gasteiger partial charge in [-0.2, -0.15) is 13.2 Å². The number of halogens is 4. The minimum atomic E-state index is -4.54. The summed E-state index contributed by atoms with van der Waals surface area (Å²) in [6.07, 6.45) is -3.87. The van der Waals surface area contributed by atoms with Crippen LogP contribution < -0.4 is 10.5 Å². The predicted molar refractivity (Wildman–Crippen MR) is 84.1 cm³/mol. The third kappa shape index (κ3) is 4.37. The number of aromatic nitrogens is 1. The maximum atomic E-state index is 12.6. The molecular formula is C14H13ClF3N3O2S. The smallest absolute Gasteiger partial charge is 0.362 e. The molecule has 130 valence electrons. The third-order valence-corrected chi connectivity index (χ3v) is 4.41. The zero-order valence-electron chi connectivity index (χ0n) is 12.3. The van der Waals surface area contributed by atoms with Gasteiger partial charge in [-0.1, -0.05) is 23.7 Å². The summed E-state index contributed by atoms with van der Waals surface area (Å²) in [6.45, 7) is 1.68. The van der Waals surface area contributed by atoms with Gasteiger partial charge < -0.3 is 5.32 Å². The molecule has 0 radical (unpaired) electrons. The van der Waals surface area contributed by atoms with E-state index in [1.54, 1.807) is 13.0 Å². The van der Waals surface area contributed by atoms with Crippen LogP contribution in [-0.4, -0.2) is 13.4 Å². The Balaban J connectivity index is 2.26. The fraction of sp³-hybridized carbons (Fsp3) is 0.214. The summed E-state index contributed by atoms with van der Waals surface area (Å²) in [5.74, 6) is 0.0539. The first-order chi connectivity index (χ1) is 11.0. The molecular weight excluding hydrogens is 367 g/mol. The Morgan fingerprint density at radius 2 is 1.96 bits per heavy atom. The number of primary sulfonamides is 1. The lowest BCUT2D eigenvalue weighted by molar-refractivity contribution is -0.137. The largest absolute Gasteiger partial charge is 0.417 e. The fourth-order valence-electron chi connectivity index (χ4n) is 1.95. The summed E-state index contributed by atoms with van der Waals surface area (Å²) in [5.41, 5.74) is -0.402. The van der Waals surface area contributed by atoms with Gasteiger partial charge >= 0.3 is 6.18 Å². The normalized spacial score (nSPS) is 13.6. The molecule has 0 aliphatic carbocycles. The third-order valence-electron chi connectivity index (χ3n) is 3.21. The molecule has 0 amide bonds. The average molecular weight is 380 g/mol. The van der Waals surface area contributed by atoms with Crippen molar-refractivity contribution in [1.29, 1.82) is 0 Å². The van der Waals surface area contributed by atoms with Crippen LogP contribution in [0.15, 0.2) is 41.4 Å². The molecule has 1 atom stereocenters. The first kappa shape index (κ1) is 18.5. The number of hydrogen-bond donors (Lipinski definition) is 2. The van der Waals surface area contributed by atoms with E-state index in [2.05, 4.69) is 10.3 Å². The molecule has 0 saturated heterocycles. The molecule has 0 saturated carbocycles. The highest BCUT2D eigenvalue weighted by Crippen LogP contribution is 2.33. The molecule has 2 rings (SSSR count). The van der Waals surface area contributed by atoms with Crippen LogP contribution in [-0.2, 0) is 16.2 Å². The van der Waals surface area contributed by atoms with Gasteiger partial charge in [0.25, 0.3) is 0 Å². The molecule has 0 aliphatic rings. The van der Waals surface area contributed by atoms with Crippen LogP contribution in [0.4, 0.5) is 19.0 Å². The van der Waals surface area contributed by atoms with Gasteiger partial charge in [-0.15, -0.1) is 0 Å². The van der Waals surface area contributed by atoms with Crippen molar-refractivity contribution in [2.24, 2.45) is 5.14 Å². The summed E-state index contributed by atoms with van der Waals surface area (Å²) in [7, 11) is -3.86. The molecule has 3 N–H and O–H groups in total.